The maximum Gasteiger partial charge on any atom is 0.295 e. The van der Waals surface area contributed by atoms with E-state index in [0.29, 0.717) is 18.5 Å². The van der Waals surface area contributed by atoms with Crippen LogP contribution in [-0.4, -0.2) is 30.2 Å². The van der Waals surface area contributed by atoms with Crippen LogP contribution in [0, 0.1) is 10.1 Å². The second kappa shape index (κ2) is 6.50. The van der Waals surface area contributed by atoms with Crippen molar-refractivity contribution in [3.8, 4) is 5.75 Å². The van der Waals surface area contributed by atoms with Crippen molar-refractivity contribution in [2.45, 2.75) is 19.8 Å². The Morgan fingerprint density at radius 1 is 1.50 bits per heavy atom. The molecule has 0 spiro atoms. The molecule has 0 bridgehead atoms. The van der Waals surface area contributed by atoms with Crippen LogP contribution in [-0.2, 0) is 0 Å². The van der Waals surface area contributed by atoms with Gasteiger partial charge in [0.2, 0.25) is 0 Å². The molecule has 2 N–H and O–H groups in total. The number of dihydropyridines is 1. The van der Waals surface area contributed by atoms with Crippen molar-refractivity contribution in [3.05, 3.63) is 33.9 Å². The van der Waals surface area contributed by atoms with E-state index in [9.17, 15) is 18.9 Å². The van der Waals surface area contributed by atoms with E-state index in [0.717, 1.165) is 11.3 Å². The Kier molecular flexibility index (Phi) is 4.69. The molecule has 1 aromatic carbocycles. The zero-order valence-corrected chi connectivity index (χ0v) is 11.9. The molecular formula is C14H15F2N3O3. The summed E-state index contributed by atoms with van der Waals surface area (Å²) >= 11 is 0. The highest BCUT2D eigenvalue weighted by Crippen LogP contribution is 2.40. The topological polar surface area (TPSA) is 90.8 Å². The van der Waals surface area contributed by atoms with Gasteiger partial charge in [-0.2, -0.15) is 0 Å². The number of nitrogen functional groups attached to an aromatic ring is 1. The number of alkyl halides is 2. The van der Waals surface area contributed by atoms with Crippen LogP contribution in [0.5, 0.6) is 5.75 Å². The summed E-state index contributed by atoms with van der Waals surface area (Å²) in [5.41, 5.74) is 7.30. The first-order valence-corrected chi connectivity index (χ1v) is 6.57. The van der Waals surface area contributed by atoms with E-state index < -0.39 is 18.0 Å². The molecular weight excluding hydrogens is 296 g/mol. The van der Waals surface area contributed by atoms with Gasteiger partial charge in [-0.25, -0.2) is 8.78 Å². The number of aliphatic imine (C=N–C) groups is 1. The normalized spacial score (nSPS) is 14.5. The van der Waals surface area contributed by atoms with Gasteiger partial charge in [0.05, 0.1) is 11.5 Å². The number of hydrogen-bond acceptors (Lipinski definition) is 5. The Morgan fingerprint density at radius 2 is 2.23 bits per heavy atom. The molecule has 0 aromatic heterocycles. The first-order chi connectivity index (χ1) is 10.4. The molecule has 118 valence electrons. The number of ether oxygens (including phenoxy) is 1. The standard InChI is InChI=1S/C14H15F2N3O3/c1-8-6-9(4-5-18-8)10-2-3-11(19(20)21)13(17)14(10)22-7-12(15)16/h2-4,12H,5-7,17H2,1H3. The predicted molar refractivity (Wildman–Crippen MR) is 79.6 cm³/mol. The lowest BCUT2D eigenvalue weighted by molar-refractivity contribution is -0.384. The molecule has 6 nitrogen and oxygen atoms in total. The van der Waals surface area contributed by atoms with Crippen LogP contribution in [0.15, 0.2) is 23.2 Å². The van der Waals surface area contributed by atoms with E-state index in [4.69, 9.17) is 10.5 Å². The van der Waals surface area contributed by atoms with Gasteiger partial charge in [0, 0.05) is 23.8 Å². The fourth-order valence-electron chi connectivity index (χ4n) is 2.22. The summed E-state index contributed by atoms with van der Waals surface area (Å²) in [6.07, 6.45) is -0.361. The number of rotatable bonds is 5. The summed E-state index contributed by atoms with van der Waals surface area (Å²) < 4.78 is 29.9. The van der Waals surface area contributed by atoms with Gasteiger partial charge in [0.1, 0.15) is 6.61 Å². The number of nitrogens with zero attached hydrogens (tertiary/aromatic N) is 2. The number of hydrogen-bond donors (Lipinski definition) is 1. The van der Waals surface area contributed by atoms with Crippen LogP contribution in [0.25, 0.3) is 5.57 Å². The molecule has 0 unspecified atom stereocenters. The van der Waals surface area contributed by atoms with Gasteiger partial charge in [-0.1, -0.05) is 6.08 Å². The van der Waals surface area contributed by atoms with Crippen molar-refractivity contribution >= 4 is 22.7 Å². The van der Waals surface area contributed by atoms with Crippen LogP contribution in [0.4, 0.5) is 20.2 Å². The molecule has 0 atom stereocenters. The van der Waals surface area contributed by atoms with Crippen LogP contribution in [0.2, 0.25) is 0 Å². The molecule has 1 heterocycles. The first kappa shape index (κ1) is 15.9. The van der Waals surface area contributed by atoms with E-state index in [1.165, 1.54) is 12.1 Å². The summed E-state index contributed by atoms with van der Waals surface area (Å²) in [6, 6.07) is 2.72. The van der Waals surface area contributed by atoms with Crippen molar-refractivity contribution in [2.75, 3.05) is 18.9 Å². The maximum atomic E-state index is 12.4. The number of benzene rings is 1. The van der Waals surface area contributed by atoms with E-state index in [2.05, 4.69) is 4.99 Å². The molecule has 0 aliphatic carbocycles. The minimum Gasteiger partial charge on any atom is -0.485 e. The summed E-state index contributed by atoms with van der Waals surface area (Å²) in [5, 5.41) is 10.9. The van der Waals surface area contributed by atoms with Gasteiger partial charge in [0.15, 0.2) is 11.4 Å². The van der Waals surface area contributed by atoms with Crippen molar-refractivity contribution in [2.24, 2.45) is 4.99 Å². The summed E-state index contributed by atoms with van der Waals surface area (Å²) in [4.78, 5) is 14.5. The number of nitro benzene ring substituents is 1. The summed E-state index contributed by atoms with van der Waals surface area (Å²) in [5.74, 6) is -0.0737. The quantitative estimate of drug-likeness (QED) is 0.514. The lowest BCUT2D eigenvalue weighted by Gasteiger charge is -2.18. The highest BCUT2D eigenvalue weighted by molar-refractivity contribution is 5.96. The monoisotopic (exact) mass is 311 g/mol. The van der Waals surface area contributed by atoms with Crippen molar-refractivity contribution in [1.29, 1.82) is 0 Å². The molecule has 0 fully saturated rings. The number of allylic oxidation sites excluding steroid dienone is 1. The minimum absolute atomic E-state index is 0.0737. The summed E-state index contributed by atoms with van der Waals surface area (Å²) in [6.45, 7) is 1.44. The van der Waals surface area contributed by atoms with E-state index in [1.807, 2.05) is 13.0 Å². The Labute approximate surface area is 125 Å². The van der Waals surface area contributed by atoms with Crippen LogP contribution < -0.4 is 10.5 Å². The average Bonchev–Trinajstić information content (AvgIpc) is 2.45. The highest BCUT2D eigenvalue weighted by Gasteiger charge is 2.23. The average molecular weight is 311 g/mol. The van der Waals surface area contributed by atoms with Crippen LogP contribution >= 0.6 is 0 Å². The van der Waals surface area contributed by atoms with Crippen molar-refractivity contribution in [1.82, 2.24) is 0 Å². The van der Waals surface area contributed by atoms with Crippen molar-refractivity contribution in [3.63, 3.8) is 0 Å². The molecule has 0 radical (unpaired) electrons. The second-order valence-corrected chi connectivity index (χ2v) is 4.82. The molecule has 1 aliphatic heterocycles. The number of anilines is 1. The van der Waals surface area contributed by atoms with E-state index in [1.54, 1.807) is 0 Å². The maximum absolute atomic E-state index is 12.4. The van der Waals surface area contributed by atoms with E-state index in [-0.39, 0.29) is 17.1 Å². The van der Waals surface area contributed by atoms with Gasteiger partial charge in [0.25, 0.3) is 12.1 Å². The molecule has 0 saturated heterocycles. The third-order valence-electron chi connectivity index (χ3n) is 3.21. The SMILES string of the molecule is CC1=NCC=C(c2ccc([N+](=O)[O-])c(N)c2OCC(F)F)C1. The fourth-order valence-corrected chi connectivity index (χ4v) is 2.22. The zero-order valence-electron chi connectivity index (χ0n) is 11.9. The number of halogens is 2. The Bertz CT molecular complexity index is 657. The van der Waals surface area contributed by atoms with E-state index >= 15 is 0 Å². The van der Waals surface area contributed by atoms with Gasteiger partial charge in [-0.15, -0.1) is 0 Å². The molecule has 1 aliphatic rings. The Hall–Kier alpha value is -2.51. The lowest BCUT2D eigenvalue weighted by atomic mass is 9.96. The fraction of sp³-hybridized carbons (Fsp3) is 0.357. The molecule has 1 aromatic rings. The Balaban J connectivity index is 2.46. The van der Waals surface area contributed by atoms with Gasteiger partial charge in [-0.05, 0) is 18.6 Å². The second-order valence-electron chi connectivity index (χ2n) is 4.82. The van der Waals surface area contributed by atoms with Crippen molar-refractivity contribution < 1.29 is 18.4 Å². The smallest absolute Gasteiger partial charge is 0.295 e. The third kappa shape index (κ3) is 3.38. The lowest BCUT2D eigenvalue weighted by Crippen LogP contribution is -2.12. The van der Waals surface area contributed by atoms with Gasteiger partial charge >= 0.3 is 0 Å². The first-order valence-electron chi connectivity index (χ1n) is 6.57. The molecule has 8 heteroatoms. The highest BCUT2D eigenvalue weighted by atomic mass is 19.3. The molecule has 0 saturated carbocycles. The molecule has 22 heavy (non-hydrogen) atoms. The number of nitro groups is 1. The minimum atomic E-state index is -2.70. The largest absolute Gasteiger partial charge is 0.485 e. The third-order valence-corrected chi connectivity index (χ3v) is 3.21. The molecule has 2 rings (SSSR count). The summed E-state index contributed by atoms with van der Waals surface area (Å²) in [7, 11) is 0. The Morgan fingerprint density at radius 3 is 2.82 bits per heavy atom. The van der Waals surface area contributed by atoms with Gasteiger partial charge < -0.3 is 10.5 Å². The van der Waals surface area contributed by atoms with Gasteiger partial charge in [-0.3, -0.25) is 15.1 Å². The zero-order chi connectivity index (χ0) is 16.3. The van der Waals surface area contributed by atoms with Crippen LogP contribution in [0.1, 0.15) is 18.9 Å². The van der Waals surface area contributed by atoms with Crippen LogP contribution in [0.3, 0.4) is 0 Å². The number of nitrogens with two attached hydrogens (primary N) is 1. The predicted octanol–water partition coefficient (Wildman–Crippen LogP) is 3.07. The molecule has 0 amide bonds.